The summed E-state index contributed by atoms with van der Waals surface area (Å²) >= 11 is 0. The third-order valence-corrected chi connectivity index (χ3v) is 2.40. The number of hydrogen-bond donors (Lipinski definition) is 1. The Morgan fingerprint density at radius 3 is 3.22 bits per heavy atom. The molecule has 9 heavy (non-hydrogen) atoms. The normalized spacial score (nSPS) is 42.7. The summed E-state index contributed by atoms with van der Waals surface area (Å²) in [6.45, 7) is 3.17. The smallest absolute Gasteiger partial charge is 0.0509 e. The molecule has 0 saturated carbocycles. The predicted molar refractivity (Wildman–Crippen MR) is 35.3 cm³/mol. The second kappa shape index (κ2) is 2.27. The van der Waals surface area contributed by atoms with Gasteiger partial charge in [-0.3, -0.25) is 0 Å². The molecule has 2 heteroatoms. The average Bonchev–Trinajstić information content (AvgIpc) is 2.33. The molecule has 1 N–H and O–H groups in total. The third kappa shape index (κ3) is 0.970. The second-order valence-electron chi connectivity index (χ2n) is 2.97. The Morgan fingerprint density at radius 2 is 2.33 bits per heavy atom. The van der Waals surface area contributed by atoms with Crippen LogP contribution < -0.4 is 5.32 Å². The SMILES string of the molecule is C1C[C@@H]2COCC[C@H]2N1. The summed E-state index contributed by atoms with van der Waals surface area (Å²) in [6, 6.07) is 0.791. The summed E-state index contributed by atoms with van der Waals surface area (Å²) in [5, 5.41) is 3.48. The molecule has 0 aliphatic carbocycles. The lowest BCUT2D eigenvalue weighted by Crippen LogP contribution is -2.34. The number of hydrogen-bond acceptors (Lipinski definition) is 2. The fourth-order valence-corrected chi connectivity index (χ4v) is 1.80. The van der Waals surface area contributed by atoms with Crippen LogP contribution in [0.2, 0.25) is 0 Å². The number of fused-ring (bicyclic) bond motifs is 1. The van der Waals surface area contributed by atoms with Crippen molar-refractivity contribution in [3.05, 3.63) is 0 Å². The van der Waals surface area contributed by atoms with Gasteiger partial charge >= 0.3 is 0 Å². The lowest BCUT2D eigenvalue weighted by molar-refractivity contribution is 0.0478. The molecule has 2 rings (SSSR count). The van der Waals surface area contributed by atoms with E-state index in [-0.39, 0.29) is 0 Å². The van der Waals surface area contributed by atoms with Crippen LogP contribution >= 0.6 is 0 Å². The minimum atomic E-state index is 0.791. The number of rotatable bonds is 0. The Hall–Kier alpha value is -0.0800. The van der Waals surface area contributed by atoms with E-state index in [1.165, 1.54) is 19.4 Å². The molecule has 0 bridgehead atoms. The molecule has 0 unspecified atom stereocenters. The second-order valence-corrected chi connectivity index (χ2v) is 2.97. The van der Waals surface area contributed by atoms with Gasteiger partial charge in [0.05, 0.1) is 6.61 Å². The molecule has 2 nitrogen and oxygen atoms in total. The van der Waals surface area contributed by atoms with Gasteiger partial charge in [0.2, 0.25) is 0 Å². The first-order valence-corrected chi connectivity index (χ1v) is 3.78. The van der Waals surface area contributed by atoms with E-state index in [1.807, 2.05) is 0 Å². The molecule has 0 spiro atoms. The molecule has 2 atom stereocenters. The van der Waals surface area contributed by atoms with Crippen LogP contribution in [0, 0.1) is 5.92 Å². The average molecular weight is 127 g/mol. The fraction of sp³-hybridized carbons (Fsp3) is 1.00. The van der Waals surface area contributed by atoms with Gasteiger partial charge in [-0.05, 0) is 25.3 Å². The quantitative estimate of drug-likeness (QED) is 0.508. The van der Waals surface area contributed by atoms with Crippen molar-refractivity contribution in [1.82, 2.24) is 5.32 Å². The third-order valence-electron chi connectivity index (χ3n) is 2.40. The Kier molecular flexibility index (Phi) is 1.44. The zero-order valence-corrected chi connectivity index (χ0v) is 5.60. The Labute approximate surface area is 55.6 Å². The first kappa shape index (κ1) is 5.69. The molecule has 2 aliphatic heterocycles. The van der Waals surface area contributed by atoms with E-state index >= 15 is 0 Å². The molecule has 0 aromatic heterocycles. The number of ether oxygens (including phenoxy) is 1. The molecular weight excluding hydrogens is 114 g/mol. The van der Waals surface area contributed by atoms with Gasteiger partial charge in [-0.25, -0.2) is 0 Å². The maximum atomic E-state index is 5.34. The molecule has 2 saturated heterocycles. The van der Waals surface area contributed by atoms with Crippen molar-refractivity contribution < 1.29 is 4.74 Å². The Bertz CT molecular complexity index is 93.1. The summed E-state index contributed by atoms with van der Waals surface area (Å²) in [5.41, 5.74) is 0. The summed E-state index contributed by atoms with van der Waals surface area (Å²) in [5.74, 6) is 0.832. The maximum Gasteiger partial charge on any atom is 0.0509 e. The van der Waals surface area contributed by atoms with Gasteiger partial charge in [0.25, 0.3) is 0 Å². The van der Waals surface area contributed by atoms with Crippen LogP contribution in [0.1, 0.15) is 12.8 Å². The molecule has 2 fully saturated rings. The van der Waals surface area contributed by atoms with E-state index in [9.17, 15) is 0 Å². The Balaban J connectivity index is 1.97. The highest BCUT2D eigenvalue weighted by molar-refractivity contribution is 4.85. The zero-order valence-electron chi connectivity index (χ0n) is 5.60. The van der Waals surface area contributed by atoms with Crippen molar-refractivity contribution in [3.63, 3.8) is 0 Å². The van der Waals surface area contributed by atoms with Gasteiger partial charge in [-0.15, -0.1) is 0 Å². The van der Waals surface area contributed by atoms with Gasteiger partial charge in [0.15, 0.2) is 0 Å². The van der Waals surface area contributed by atoms with Crippen LogP contribution in [0.3, 0.4) is 0 Å². The summed E-state index contributed by atoms with van der Waals surface area (Å²) in [6.07, 6.45) is 2.55. The van der Waals surface area contributed by atoms with Crippen LogP contribution in [-0.2, 0) is 4.74 Å². The highest BCUT2D eigenvalue weighted by atomic mass is 16.5. The van der Waals surface area contributed by atoms with Gasteiger partial charge < -0.3 is 10.1 Å². The van der Waals surface area contributed by atoms with Crippen LogP contribution in [0.5, 0.6) is 0 Å². The van der Waals surface area contributed by atoms with Crippen molar-refractivity contribution in [3.8, 4) is 0 Å². The molecular formula is C7H13NO. The molecule has 2 aliphatic rings. The van der Waals surface area contributed by atoms with Gasteiger partial charge in [-0.1, -0.05) is 0 Å². The zero-order chi connectivity index (χ0) is 6.10. The van der Waals surface area contributed by atoms with E-state index in [0.717, 1.165) is 25.2 Å². The van der Waals surface area contributed by atoms with E-state index in [2.05, 4.69) is 5.32 Å². The Morgan fingerprint density at radius 1 is 1.33 bits per heavy atom. The monoisotopic (exact) mass is 127 g/mol. The minimum Gasteiger partial charge on any atom is -0.381 e. The van der Waals surface area contributed by atoms with Crippen molar-refractivity contribution in [2.45, 2.75) is 18.9 Å². The van der Waals surface area contributed by atoms with Gasteiger partial charge in [0, 0.05) is 12.6 Å². The first-order chi connectivity index (χ1) is 4.47. The van der Waals surface area contributed by atoms with Crippen molar-refractivity contribution in [2.24, 2.45) is 5.92 Å². The lowest BCUT2D eigenvalue weighted by atomic mass is 9.98. The van der Waals surface area contributed by atoms with E-state index in [0.29, 0.717) is 0 Å². The summed E-state index contributed by atoms with van der Waals surface area (Å²) in [4.78, 5) is 0. The first-order valence-electron chi connectivity index (χ1n) is 3.78. The molecule has 0 radical (unpaired) electrons. The molecule has 52 valence electrons. The number of nitrogens with one attached hydrogen (secondary N) is 1. The van der Waals surface area contributed by atoms with Crippen LogP contribution in [0.15, 0.2) is 0 Å². The minimum absolute atomic E-state index is 0.791. The van der Waals surface area contributed by atoms with Crippen molar-refractivity contribution in [2.75, 3.05) is 19.8 Å². The molecule has 0 aromatic rings. The molecule has 0 amide bonds. The van der Waals surface area contributed by atoms with Crippen molar-refractivity contribution >= 4 is 0 Å². The van der Waals surface area contributed by atoms with Crippen molar-refractivity contribution in [1.29, 1.82) is 0 Å². The standard InChI is InChI=1S/C7H13NO/c1-3-8-7-2-4-9-5-6(1)7/h6-8H,1-5H2/t6-,7-/m1/s1. The highest BCUT2D eigenvalue weighted by Crippen LogP contribution is 2.22. The van der Waals surface area contributed by atoms with E-state index < -0.39 is 0 Å². The largest absolute Gasteiger partial charge is 0.381 e. The predicted octanol–water partition coefficient (Wildman–Crippen LogP) is 0.385. The summed E-state index contributed by atoms with van der Waals surface area (Å²) in [7, 11) is 0. The van der Waals surface area contributed by atoms with Gasteiger partial charge in [0.1, 0.15) is 0 Å². The van der Waals surface area contributed by atoms with Gasteiger partial charge in [-0.2, -0.15) is 0 Å². The van der Waals surface area contributed by atoms with Crippen LogP contribution in [0.25, 0.3) is 0 Å². The van der Waals surface area contributed by atoms with E-state index in [1.54, 1.807) is 0 Å². The molecule has 0 aromatic carbocycles. The maximum absolute atomic E-state index is 5.34. The van der Waals surface area contributed by atoms with Crippen LogP contribution in [-0.4, -0.2) is 25.8 Å². The topological polar surface area (TPSA) is 21.3 Å². The summed E-state index contributed by atoms with van der Waals surface area (Å²) < 4.78 is 5.34. The lowest BCUT2D eigenvalue weighted by Gasteiger charge is -2.24. The molecule has 2 heterocycles. The van der Waals surface area contributed by atoms with Crippen LogP contribution in [0.4, 0.5) is 0 Å². The van der Waals surface area contributed by atoms with E-state index in [4.69, 9.17) is 4.74 Å². The highest BCUT2D eigenvalue weighted by Gasteiger charge is 2.29. The fourth-order valence-electron chi connectivity index (χ4n) is 1.80.